The molecule has 0 amide bonds. The number of ether oxygens (including phenoxy) is 1. The zero-order valence-corrected chi connectivity index (χ0v) is 9.51. The van der Waals surface area contributed by atoms with Crippen molar-refractivity contribution in [2.75, 3.05) is 7.11 Å². The summed E-state index contributed by atoms with van der Waals surface area (Å²) in [6.45, 7) is 2.02. The SMILES string of the molecule is COc1ccccc1CCC(C)N.Cl. The summed E-state index contributed by atoms with van der Waals surface area (Å²) in [5.74, 6) is 0.961. The minimum atomic E-state index is 0. The van der Waals surface area contributed by atoms with Crippen LogP contribution in [0.4, 0.5) is 0 Å². The van der Waals surface area contributed by atoms with Crippen LogP contribution in [-0.4, -0.2) is 13.2 Å². The summed E-state index contributed by atoms with van der Waals surface area (Å²) in [5.41, 5.74) is 6.93. The molecule has 0 aliphatic carbocycles. The van der Waals surface area contributed by atoms with Crippen molar-refractivity contribution in [2.45, 2.75) is 25.8 Å². The van der Waals surface area contributed by atoms with Crippen molar-refractivity contribution in [3.63, 3.8) is 0 Å². The molecule has 1 atom stereocenters. The van der Waals surface area contributed by atoms with E-state index in [0.717, 1.165) is 18.6 Å². The Hall–Kier alpha value is -0.730. The first-order valence-corrected chi connectivity index (χ1v) is 4.61. The Labute approximate surface area is 91.9 Å². The minimum absolute atomic E-state index is 0. The van der Waals surface area contributed by atoms with Gasteiger partial charge in [0.15, 0.2) is 0 Å². The summed E-state index contributed by atoms with van der Waals surface area (Å²) in [4.78, 5) is 0. The van der Waals surface area contributed by atoms with Crippen molar-refractivity contribution in [3.8, 4) is 5.75 Å². The van der Waals surface area contributed by atoms with Gasteiger partial charge in [0, 0.05) is 6.04 Å². The van der Waals surface area contributed by atoms with E-state index >= 15 is 0 Å². The lowest BCUT2D eigenvalue weighted by Crippen LogP contribution is -2.15. The fraction of sp³-hybridized carbons (Fsp3) is 0.455. The lowest BCUT2D eigenvalue weighted by molar-refractivity contribution is 0.408. The molecule has 2 nitrogen and oxygen atoms in total. The smallest absolute Gasteiger partial charge is 0.122 e. The van der Waals surface area contributed by atoms with E-state index in [-0.39, 0.29) is 18.4 Å². The molecular weight excluding hydrogens is 198 g/mol. The predicted octanol–water partition coefficient (Wildman–Crippen LogP) is 2.40. The van der Waals surface area contributed by atoms with Crippen LogP contribution in [0, 0.1) is 0 Å². The molecule has 14 heavy (non-hydrogen) atoms. The van der Waals surface area contributed by atoms with Gasteiger partial charge >= 0.3 is 0 Å². The average Bonchev–Trinajstić information content (AvgIpc) is 2.15. The van der Waals surface area contributed by atoms with E-state index in [9.17, 15) is 0 Å². The van der Waals surface area contributed by atoms with Crippen LogP contribution in [0.3, 0.4) is 0 Å². The predicted molar refractivity (Wildman–Crippen MR) is 62.2 cm³/mol. The normalized spacial score (nSPS) is 11.6. The number of nitrogens with two attached hydrogens (primary N) is 1. The number of hydrogen-bond donors (Lipinski definition) is 1. The first-order chi connectivity index (χ1) is 6.24. The highest BCUT2D eigenvalue weighted by Crippen LogP contribution is 2.18. The van der Waals surface area contributed by atoms with Crippen LogP contribution in [0.1, 0.15) is 18.9 Å². The summed E-state index contributed by atoms with van der Waals surface area (Å²) < 4.78 is 5.24. The molecule has 0 aromatic heterocycles. The van der Waals surface area contributed by atoms with Crippen LogP contribution in [0.2, 0.25) is 0 Å². The Morgan fingerprint density at radius 1 is 1.36 bits per heavy atom. The Kier molecular flexibility index (Phi) is 6.34. The van der Waals surface area contributed by atoms with Gasteiger partial charge in [-0.05, 0) is 31.4 Å². The summed E-state index contributed by atoms with van der Waals surface area (Å²) in [6.07, 6.45) is 1.99. The minimum Gasteiger partial charge on any atom is -0.496 e. The van der Waals surface area contributed by atoms with Crippen molar-refractivity contribution in [2.24, 2.45) is 5.73 Å². The van der Waals surface area contributed by atoms with Gasteiger partial charge in [-0.3, -0.25) is 0 Å². The monoisotopic (exact) mass is 215 g/mol. The van der Waals surface area contributed by atoms with E-state index in [1.54, 1.807) is 7.11 Å². The number of halogens is 1. The molecule has 0 saturated carbocycles. The summed E-state index contributed by atoms with van der Waals surface area (Å²) in [6, 6.07) is 8.33. The fourth-order valence-electron chi connectivity index (χ4n) is 1.29. The van der Waals surface area contributed by atoms with Crippen LogP contribution < -0.4 is 10.5 Å². The number of benzene rings is 1. The van der Waals surface area contributed by atoms with Crippen LogP contribution in [0.15, 0.2) is 24.3 Å². The number of hydrogen-bond acceptors (Lipinski definition) is 2. The molecule has 2 N–H and O–H groups in total. The van der Waals surface area contributed by atoms with E-state index in [0.29, 0.717) is 0 Å². The molecule has 0 radical (unpaired) electrons. The van der Waals surface area contributed by atoms with Gasteiger partial charge < -0.3 is 10.5 Å². The van der Waals surface area contributed by atoms with E-state index < -0.39 is 0 Å². The van der Waals surface area contributed by atoms with Gasteiger partial charge in [-0.15, -0.1) is 12.4 Å². The third-order valence-corrected chi connectivity index (χ3v) is 2.06. The Balaban J connectivity index is 0.00000169. The number of para-hydroxylation sites is 1. The number of methoxy groups -OCH3 is 1. The molecular formula is C11H18ClNO. The highest BCUT2D eigenvalue weighted by Gasteiger charge is 2.02. The second-order valence-corrected chi connectivity index (χ2v) is 3.33. The second-order valence-electron chi connectivity index (χ2n) is 3.33. The molecule has 0 aliphatic heterocycles. The molecule has 0 fully saturated rings. The fourth-order valence-corrected chi connectivity index (χ4v) is 1.29. The quantitative estimate of drug-likeness (QED) is 0.837. The maximum atomic E-state index is 5.69. The Bertz CT molecular complexity index is 263. The lowest BCUT2D eigenvalue weighted by Gasteiger charge is -2.09. The first-order valence-electron chi connectivity index (χ1n) is 4.61. The molecule has 0 saturated heterocycles. The van der Waals surface area contributed by atoms with E-state index in [1.807, 2.05) is 25.1 Å². The molecule has 3 heteroatoms. The number of rotatable bonds is 4. The van der Waals surface area contributed by atoms with Gasteiger partial charge in [0.25, 0.3) is 0 Å². The third kappa shape index (κ3) is 3.99. The molecule has 80 valence electrons. The third-order valence-electron chi connectivity index (χ3n) is 2.06. The van der Waals surface area contributed by atoms with E-state index in [4.69, 9.17) is 10.5 Å². The van der Waals surface area contributed by atoms with Crippen LogP contribution in [0.25, 0.3) is 0 Å². The topological polar surface area (TPSA) is 35.2 Å². The van der Waals surface area contributed by atoms with Crippen molar-refractivity contribution >= 4 is 12.4 Å². The van der Waals surface area contributed by atoms with Crippen LogP contribution in [-0.2, 0) is 6.42 Å². The Morgan fingerprint density at radius 3 is 2.57 bits per heavy atom. The average molecular weight is 216 g/mol. The number of aryl methyl sites for hydroxylation is 1. The molecule has 0 aliphatic rings. The molecule has 1 aromatic carbocycles. The van der Waals surface area contributed by atoms with E-state index in [1.165, 1.54) is 5.56 Å². The largest absolute Gasteiger partial charge is 0.496 e. The van der Waals surface area contributed by atoms with Gasteiger partial charge in [0.1, 0.15) is 5.75 Å². The highest BCUT2D eigenvalue weighted by molar-refractivity contribution is 5.85. The molecule has 0 bridgehead atoms. The highest BCUT2D eigenvalue weighted by atomic mass is 35.5. The zero-order valence-electron chi connectivity index (χ0n) is 8.69. The summed E-state index contributed by atoms with van der Waals surface area (Å²) in [5, 5.41) is 0. The second kappa shape index (κ2) is 6.68. The van der Waals surface area contributed by atoms with Crippen molar-refractivity contribution < 1.29 is 4.74 Å². The Morgan fingerprint density at radius 2 is 2.00 bits per heavy atom. The molecule has 0 spiro atoms. The standard InChI is InChI=1S/C11H17NO.ClH/c1-9(12)7-8-10-5-3-4-6-11(10)13-2;/h3-6,9H,7-8,12H2,1-2H3;1H. The summed E-state index contributed by atoms with van der Waals surface area (Å²) in [7, 11) is 1.70. The maximum Gasteiger partial charge on any atom is 0.122 e. The maximum absolute atomic E-state index is 5.69. The van der Waals surface area contributed by atoms with Crippen LogP contribution in [0.5, 0.6) is 5.75 Å². The van der Waals surface area contributed by atoms with Gasteiger partial charge in [0.2, 0.25) is 0 Å². The van der Waals surface area contributed by atoms with Gasteiger partial charge in [-0.25, -0.2) is 0 Å². The molecule has 0 heterocycles. The van der Waals surface area contributed by atoms with Gasteiger partial charge in [0.05, 0.1) is 7.11 Å². The van der Waals surface area contributed by atoms with E-state index in [2.05, 4.69) is 6.07 Å². The van der Waals surface area contributed by atoms with Crippen molar-refractivity contribution in [1.82, 2.24) is 0 Å². The van der Waals surface area contributed by atoms with Crippen molar-refractivity contribution in [3.05, 3.63) is 29.8 Å². The zero-order chi connectivity index (χ0) is 9.68. The molecule has 1 rings (SSSR count). The van der Waals surface area contributed by atoms with Crippen LogP contribution >= 0.6 is 12.4 Å². The van der Waals surface area contributed by atoms with Gasteiger partial charge in [-0.2, -0.15) is 0 Å². The molecule has 1 unspecified atom stereocenters. The first kappa shape index (κ1) is 13.3. The summed E-state index contributed by atoms with van der Waals surface area (Å²) >= 11 is 0. The lowest BCUT2D eigenvalue weighted by atomic mass is 10.1. The molecule has 1 aromatic rings. The van der Waals surface area contributed by atoms with Crippen molar-refractivity contribution in [1.29, 1.82) is 0 Å². The van der Waals surface area contributed by atoms with Gasteiger partial charge in [-0.1, -0.05) is 18.2 Å².